The molecular weight excluding hydrogens is 451 g/mol. The summed E-state index contributed by atoms with van der Waals surface area (Å²) in [6.07, 6.45) is 5.30. The van der Waals surface area contributed by atoms with E-state index >= 15 is 0 Å². The molecule has 0 aliphatic carbocycles. The summed E-state index contributed by atoms with van der Waals surface area (Å²) in [6.45, 7) is 5.84. The van der Waals surface area contributed by atoms with Crippen molar-refractivity contribution in [3.05, 3.63) is 67.6 Å². The van der Waals surface area contributed by atoms with E-state index in [-0.39, 0.29) is 29.6 Å². The van der Waals surface area contributed by atoms with Crippen molar-refractivity contribution in [1.29, 1.82) is 0 Å². The minimum Gasteiger partial charge on any atom is -0.310 e. The highest BCUT2D eigenvalue weighted by Crippen LogP contribution is 2.24. The van der Waals surface area contributed by atoms with Gasteiger partial charge in [-0.3, -0.25) is 23.7 Å². The maximum Gasteiger partial charge on any atom is 0.270 e. The van der Waals surface area contributed by atoms with Crippen LogP contribution in [0.25, 0.3) is 11.2 Å². The minimum absolute atomic E-state index is 0. The number of rotatable bonds is 5. The predicted octanol–water partition coefficient (Wildman–Crippen LogP) is 2.15. The first-order valence-electron chi connectivity index (χ1n) is 10.7. The zero-order chi connectivity index (χ0) is 21.5. The van der Waals surface area contributed by atoms with Crippen LogP contribution in [-0.4, -0.2) is 49.7 Å². The molecule has 2 aliphatic rings. The Hall–Kier alpha value is -2.26. The molecule has 0 radical (unpaired) electrons. The fourth-order valence-electron chi connectivity index (χ4n) is 4.69. The third-order valence-electron chi connectivity index (χ3n) is 6.41. The summed E-state index contributed by atoms with van der Waals surface area (Å²) in [6, 6.07) is 5.59. The lowest BCUT2D eigenvalue weighted by molar-refractivity contribution is 0.171. The van der Waals surface area contributed by atoms with Crippen LogP contribution in [0.1, 0.15) is 30.1 Å². The van der Waals surface area contributed by atoms with Crippen LogP contribution in [0.5, 0.6) is 0 Å². The summed E-state index contributed by atoms with van der Waals surface area (Å²) >= 11 is 6.17. The second kappa shape index (κ2) is 9.31. The summed E-state index contributed by atoms with van der Waals surface area (Å²) in [5, 5.41) is 4.31. The molecule has 0 unspecified atom stereocenters. The third-order valence-corrected chi connectivity index (χ3v) is 6.79. The number of likely N-dealkylation sites (tertiary alicyclic amines) is 1. The topological polar surface area (TPSA) is 85.1 Å². The Kier molecular flexibility index (Phi) is 6.67. The number of aryl methyl sites for hydroxylation is 1. The van der Waals surface area contributed by atoms with Gasteiger partial charge in [0.2, 0.25) is 0 Å². The van der Waals surface area contributed by atoms with E-state index in [4.69, 9.17) is 11.6 Å². The molecule has 5 rings (SSSR count). The third kappa shape index (κ3) is 4.32. The molecule has 2 aliphatic heterocycles. The van der Waals surface area contributed by atoms with E-state index in [0.717, 1.165) is 50.3 Å². The van der Waals surface area contributed by atoms with Crippen molar-refractivity contribution in [3.63, 3.8) is 0 Å². The number of hydrogen-bond acceptors (Lipinski definition) is 6. The van der Waals surface area contributed by atoms with Crippen molar-refractivity contribution < 1.29 is 0 Å². The van der Waals surface area contributed by atoms with Crippen LogP contribution < -0.4 is 16.4 Å². The van der Waals surface area contributed by atoms with Crippen molar-refractivity contribution in [1.82, 2.24) is 29.3 Å². The van der Waals surface area contributed by atoms with Crippen molar-refractivity contribution in [2.45, 2.75) is 44.9 Å². The molecule has 0 amide bonds. The van der Waals surface area contributed by atoms with Gasteiger partial charge in [-0.05, 0) is 50.6 Å². The van der Waals surface area contributed by atoms with Crippen molar-refractivity contribution in [2.75, 3.05) is 19.6 Å². The Bertz CT molecular complexity index is 1240. The van der Waals surface area contributed by atoms with Crippen molar-refractivity contribution in [3.8, 4) is 0 Å². The number of pyridine rings is 2. The highest BCUT2D eigenvalue weighted by molar-refractivity contribution is 6.31. The first kappa shape index (κ1) is 22.9. The summed E-state index contributed by atoms with van der Waals surface area (Å²) in [7, 11) is 0. The summed E-state index contributed by atoms with van der Waals surface area (Å²) in [5.74, 6) is 0. The average Bonchev–Trinajstić information content (AvgIpc) is 3.15. The first-order valence-corrected chi connectivity index (χ1v) is 11.1. The number of aromatic nitrogens is 4. The van der Waals surface area contributed by atoms with E-state index < -0.39 is 0 Å². The van der Waals surface area contributed by atoms with Crippen LogP contribution >= 0.6 is 24.0 Å². The molecule has 3 aromatic heterocycles. The van der Waals surface area contributed by atoms with Crippen LogP contribution in [0.15, 0.2) is 40.2 Å². The Balaban J connectivity index is 0.00000245. The fourth-order valence-corrected chi connectivity index (χ4v) is 4.88. The lowest BCUT2D eigenvalue weighted by Crippen LogP contribution is -2.44. The van der Waals surface area contributed by atoms with Gasteiger partial charge in [-0.15, -0.1) is 12.4 Å². The lowest BCUT2D eigenvalue weighted by Gasteiger charge is -2.34. The maximum absolute atomic E-state index is 12.5. The molecule has 8 nitrogen and oxygen atoms in total. The van der Waals surface area contributed by atoms with Crippen LogP contribution in [0.4, 0.5) is 0 Å². The molecule has 1 fully saturated rings. The number of hydrogen-bond donors (Lipinski definition) is 1. The molecule has 0 saturated carbocycles. The normalized spacial score (nSPS) is 18.8. The fraction of sp³-hybridized carbons (Fsp3) is 0.455. The summed E-state index contributed by atoms with van der Waals surface area (Å²) in [4.78, 5) is 35.7. The van der Waals surface area contributed by atoms with Gasteiger partial charge in [0.25, 0.3) is 11.1 Å². The second-order valence-corrected chi connectivity index (χ2v) is 8.89. The standard InChI is InChI=1S/C22H25ClN6O2.ClH/c1-14-18(23)8-15(9-24-14)10-25-16-4-6-27(7-5-16)12-17-13-28-20(30)3-2-19-22(28)29(17)21(31)11-26-19;/h2-3,8-9,11,16-17,25H,4-7,10,12-13H2,1H3;1H/t17-;/m1./s1. The van der Waals surface area contributed by atoms with Gasteiger partial charge in [0.15, 0.2) is 0 Å². The Labute approximate surface area is 196 Å². The summed E-state index contributed by atoms with van der Waals surface area (Å²) in [5.41, 5.74) is 3.05. The Morgan fingerprint density at radius 1 is 1.12 bits per heavy atom. The minimum atomic E-state index is -0.142. The Morgan fingerprint density at radius 2 is 1.91 bits per heavy atom. The van der Waals surface area contributed by atoms with Gasteiger partial charge < -0.3 is 10.2 Å². The first-order chi connectivity index (χ1) is 15.0. The molecule has 5 heterocycles. The van der Waals surface area contributed by atoms with Gasteiger partial charge in [0.05, 0.1) is 23.0 Å². The Morgan fingerprint density at radius 3 is 2.66 bits per heavy atom. The highest BCUT2D eigenvalue weighted by atomic mass is 35.5. The molecule has 0 bridgehead atoms. The molecule has 10 heteroatoms. The van der Waals surface area contributed by atoms with E-state index in [0.29, 0.717) is 28.8 Å². The molecule has 170 valence electrons. The largest absolute Gasteiger partial charge is 0.310 e. The van der Waals surface area contributed by atoms with Gasteiger partial charge in [0, 0.05) is 37.9 Å². The molecule has 1 N–H and O–H groups in total. The maximum atomic E-state index is 12.5. The van der Waals surface area contributed by atoms with Gasteiger partial charge in [-0.25, -0.2) is 4.98 Å². The molecule has 1 saturated heterocycles. The lowest BCUT2D eigenvalue weighted by atomic mass is 10.0. The summed E-state index contributed by atoms with van der Waals surface area (Å²) < 4.78 is 3.44. The van der Waals surface area contributed by atoms with Gasteiger partial charge in [-0.1, -0.05) is 11.6 Å². The second-order valence-electron chi connectivity index (χ2n) is 8.48. The molecule has 32 heavy (non-hydrogen) atoms. The smallest absolute Gasteiger partial charge is 0.270 e. The SMILES string of the molecule is Cc1ncc(CNC2CCN(C[C@@H]3Cn4c(=O)ccc5ncc(=O)n3c54)CC2)cc1Cl.Cl. The van der Waals surface area contributed by atoms with Crippen LogP contribution in [0, 0.1) is 6.92 Å². The molecule has 3 aromatic rings. The van der Waals surface area contributed by atoms with E-state index in [9.17, 15) is 9.59 Å². The van der Waals surface area contributed by atoms with E-state index in [2.05, 4.69) is 20.2 Å². The molecule has 0 aromatic carbocycles. The number of halogens is 2. The molecular formula is C22H26Cl2N6O2. The van der Waals surface area contributed by atoms with E-state index in [1.54, 1.807) is 15.2 Å². The van der Waals surface area contributed by atoms with Gasteiger partial charge in [0.1, 0.15) is 11.2 Å². The number of nitrogens with zero attached hydrogens (tertiary/aromatic N) is 5. The molecule has 1 atom stereocenters. The van der Waals surface area contributed by atoms with Crippen molar-refractivity contribution >= 4 is 35.2 Å². The van der Waals surface area contributed by atoms with Crippen molar-refractivity contribution in [2.24, 2.45) is 0 Å². The zero-order valence-electron chi connectivity index (χ0n) is 17.8. The van der Waals surface area contributed by atoms with Crippen LogP contribution in [0.2, 0.25) is 5.02 Å². The number of nitrogens with one attached hydrogen (secondary N) is 1. The average molecular weight is 477 g/mol. The van der Waals surface area contributed by atoms with E-state index in [1.165, 1.54) is 12.3 Å². The molecule has 0 spiro atoms. The van der Waals surface area contributed by atoms with E-state index in [1.807, 2.05) is 19.2 Å². The monoisotopic (exact) mass is 476 g/mol. The van der Waals surface area contributed by atoms with Crippen LogP contribution in [-0.2, 0) is 13.1 Å². The predicted molar refractivity (Wildman–Crippen MR) is 127 cm³/mol. The van der Waals surface area contributed by atoms with Crippen LogP contribution in [0.3, 0.4) is 0 Å². The number of piperidine rings is 1. The van der Waals surface area contributed by atoms with Gasteiger partial charge in [-0.2, -0.15) is 0 Å². The van der Waals surface area contributed by atoms with Gasteiger partial charge >= 0.3 is 0 Å². The highest BCUT2D eigenvalue weighted by Gasteiger charge is 2.29. The quantitative estimate of drug-likeness (QED) is 0.607. The zero-order valence-corrected chi connectivity index (χ0v) is 19.4.